The summed E-state index contributed by atoms with van der Waals surface area (Å²) in [6, 6.07) is 5.69. The van der Waals surface area contributed by atoms with E-state index >= 15 is 0 Å². The first-order valence-corrected chi connectivity index (χ1v) is 6.79. The molecule has 0 fully saturated rings. The van der Waals surface area contributed by atoms with Gasteiger partial charge in [-0.15, -0.1) is 0 Å². The van der Waals surface area contributed by atoms with Gasteiger partial charge in [-0.25, -0.2) is 0 Å². The molecule has 0 amide bonds. The Bertz CT molecular complexity index is 452. The van der Waals surface area contributed by atoms with E-state index in [1.165, 1.54) is 4.90 Å². The number of ether oxygens (including phenoxy) is 2. The number of hydrogen-bond acceptors (Lipinski definition) is 3. The topological polar surface area (TPSA) is 47.0 Å². The summed E-state index contributed by atoms with van der Waals surface area (Å²) in [6.07, 6.45) is 1.09. The van der Waals surface area contributed by atoms with Gasteiger partial charge in [0.15, 0.2) is 16.6 Å². The van der Waals surface area contributed by atoms with Crippen molar-refractivity contribution in [2.75, 3.05) is 39.3 Å². The van der Waals surface area contributed by atoms with Crippen LogP contribution in [-0.4, -0.2) is 39.1 Å². The molecule has 1 aromatic carbocycles. The molecule has 0 saturated heterocycles. The number of hydrogen-bond donors (Lipinski definition) is 3. The molecule has 0 aliphatic carbocycles. The van der Waals surface area contributed by atoms with Crippen LogP contribution >= 0.6 is 12.2 Å². The third-order valence-electron chi connectivity index (χ3n) is 2.77. The van der Waals surface area contributed by atoms with Crippen LogP contribution in [0.3, 0.4) is 0 Å². The Morgan fingerprint density at radius 3 is 2.89 bits per heavy atom. The summed E-state index contributed by atoms with van der Waals surface area (Å²) in [5.74, 6) is 1.53. The average Bonchev–Trinajstić information content (AvgIpc) is 2.82. The van der Waals surface area contributed by atoms with Crippen molar-refractivity contribution in [3.05, 3.63) is 18.2 Å². The minimum absolute atomic E-state index is 0.286. The summed E-state index contributed by atoms with van der Waals surface area (Å²) in [6.45, 7) is 2.29. The van der Waals surface area contributed by atoms with E-state index in [9.17, 15) is 0 Å². The van der Waals surface area contributed by atoms with Gasteiger partial charge in [0, 0.05) is 24.7 Å². The molecule has 0 saturated carbocycles. The summed E-state index contributed by atoms with van der Waals surface area (Å²) in [5, 5.41) is 6.96. The van der Waals surface area contributed by atoms with Gasteiger partial charge >= 0.3 is 0 Å². The number of rotatable bonds is 5. The largest absolute Gasteiger partial charge is 0.454 e. The van der Waals surface area contributed by atoms with Crippen molar-refractivity contribution >= 4 is 23.0 Å². The minimum atomic E-state index is 0.286. The molecule has 2 rings (SSSR count). The van der Waals surface area contributed by atoms with E-state index in [4.69, 9.17) is 21.7 Å². The summed E-state index contributed by atoms with van der Waals surface area (Å²) in [5.41, 5.74) is 0.903. The predicted octanol–water partition coefficient (Wildman–Crippen LogP) is 0.236. The molecule has 6 heteroatoms. The van der Waals surface area contributed by atoms with Gasteiger partial charge in [-0.2, -0.15) is 0 Å². The molecule has 3 N–H and O–H groups in total. The Morgan fingerprint density at radius 2 is 2.11 bits per heavy atom. The van der Waals surface area contributed by atoms with Crippen molar-refractivity contribution in [1.82, 2.24) is 5.32 Å². The highest BCUT2D eigenvalue weighted by atomic mass is 32.1. The van der Waals surface area contributed by atoms with Crippen LogP contribution in [0, 0.1) is 0 Å². The van der Waals surface area contributed by atoms with Gasteiger partial charge in [-0.05, 0) is 24.4 Å². The van der Waals surface area contributed by atoms with Gasteiger partial charge in [0.1, 0.15) is 0 Å². The normalized spacial score (nSPS) is 12.6. The maximum atomic E-state index is 5.32. The predicted molar refractivity (Wildman–Crippen MR) is 79.1 cm³/mol. The quantitative estimate of drug-likeness (QED) is 0.533. The van der Waals surface area contributed by atoms with E-state index in [2.05, 4.69) is 24.7 Å². The second kappa shape index (κ2) is 6.58. The summed E-state index contributed by atoms with van der Waals surface area (Å²) in [4.78, 5) is 1.44. The highest BCUT2D eigenvalue weighted by Gasteiger charge is 2.13. The molecule has 1 aromatic rings. The molecule has 0 bridgehead atoms. The lowest BCUT2D eigenvalue weighted by Gasteiger charge is -2.11. The van der Waals surface area contributed by atoms with Crippen LogP contribution in [0.2, 0.25) is 0 Å². The van der Waals surface area contributed by atoms with Crippen molar-refractivity contribution in [2.45, 2.75) is 6.42 Å². The molecule has 0 aromatic heterocycles. The van der Waals surface area contributed by atoms with Gasteiger partial charge in [0.2, 0.25) is 6.79 Å². The zero-order chi connectivity index (χ0) is 13.7. The molecule has 104 valence electrons. The number of nitrogens with one attached hydrogen (secondary N) is 3. The number of thiocarbonyl (C=S) groups is 1. The average molecular weight is 282 g/mol. The number of quaternary nitrogens is 1. The molecule has 0 radical (unpaired) electrons. The molecule has 5 nitrogen and oxygen atoms in total. The van der Waals surface area contributed by atoms with E-state index < -0.39 is 0 Å². The van der Waals surface area contributed by atoms with Crippen LogP contribution < -0.4 is 25.0 Å². The van der Waals surface area contributed by atoms with Crippen LogP contribution in [0.4, 0.5) is 5.69 Å². The second-order valence-electron chi connectivity index (χ2n) is 4.76. The summed E-state index contributed by atoms with van der Waals surface area (Å²) >= 11 is 5.24. The maximum Gasteiger partial charge on any atom is 0.231 e. The lowest BCUT2D eigenvalue weighted by Crippen LogP contribution is -3.05. The third kappa shape index (κ3) is 4.25. The molecule has 0 unspecified atom stereocenters. The summed E-state index contributed by atoms with van der Waals surface area (Å²) in [7, 11) is 4.28. The Kier molecular flexibility index (Phi) is 4.81. The summed E-state index contributed by atoms with van der Waals surface area (Å²) < 4.78 is 10.6. The van der Waals surface area contributed by atoms with Crippen molar-refractivity contribution < 1.29 is 14.4 Å². The smallest absolute Gasteiger partial charge is 0.231 e. The fourth-order valence-electron chi connectivity index (χ4n) is 1.79. The minimum Gasteiger partial charge on any atom is -0.454 e. The number of fused-ring (bicyclic) bond motifs is 1. The van der Waals surface area contributed by atoms with Gasteiger partial charge in [-0.1, -0.05) is 0 Å². The van der Waals surface area contributed by atoms with Crippen molar-refractivity contribution in [1.29, 1.82) is 0 Å². The lowest BCUT2D eigenvalue weighted by molar-refractivity contribution is -0.858. The SMILES string of the molecule is C[NH+](C)CCCNC(=S)Nc1ccc2c(c1)OCO2. The zero-order valence-corrected chi connectivity index (χ0v) is 12.1. The Balaban J connectivity index is 1.76. The third-order valence-corrected chi connectivity index (χ3v) is 3.02. The first-order valence-electron chi connectivity index (χ1n) is 6.38. The van der Waals surface area contributed by atoms with E-state index in [1.807, 2.05) is 18.2 Å². The number of anilines is 1. The van der Waals surface area contributed by atoms with E-state index in [-0.39, 0.29) is 6.79 Å². The van der Waals surface area contributed by atoms with Crippen LogP contribution in [0.5, 0.6) is 11.5 Å². The molecule has 19 heavy (non-hydrogen) atoms. The molecular formula is C13H20N3O2S+. The number of benzene rings is 1. The highest BCUT2D eigenvalue weighted by molar-refractivity contribution is 7.80. The molecule has 0 atom stereocenters. The van der Waals surface area contributed by atoms with Crippen LogP contribution in [0.15, 0.2) is 18.2 Å². The van der Waals surface area contributed by atoms with Crippen LogP contribution in [0.1, 0.15) is 6.42 Å². The second-order valence-corrected chi connectivity index (χ2v) is 5.17. The standard InChI is InChI=1S/C13H19N3O2S/c1-16(2)7-3-6-14-13(19)15-10-4-5-11-12(8-10)18-9-17-11/h4-5,8H,3,6-7,9H2,1-2H3,(H2,14,15,19)/p+1. The van der Waals surface area contributed by atoms with Gasteiger partial charge in [0.25, 0.3) is 0 Å². The van der Waals surface area contributed by atoms with Crippen LogP contribution in [-0.2, 0) is 0 Å². The molecule has 0 spiro atoms. The van der Waals surface area contributed by atoms with Gasteiger partial charge in [0.05, 0.1) is 20.6 Å². The molecule has 1 heterocycles. The Morgan fingerprint density at radius 1 is 1.32 bits per heavy atom. The van der Waals surface area contributed by atoms with Crippen LogP contribution in [0.25, 0.3) is 0 Å². The van der Waals surface area contributed by atoms with Crippen molar-refractivity contribution in [3.8, 4) is 11.5 Å². The Hall–Kier alpha value is -1.53. The lowest BCUT2D eigenvalue weighted by atomic mass is 10.3. The Labute approximate surface area is 118 Å². The van der Waals surface area contributed by atoms with E-state index in [0.717, 1.165) is 36.7 Å². The van der Waals surface area contributed by atoms with Crippen molar-refractivity contribution in [3.63, 3.8) is 0 Å². The highest BCUT2D eigenvalue weighted by Crippen LogP contribution is 2.34. The zero-order valence-electron chi connectivity index (χ0n) is 11.3. The maximum absolute atomic E-state index is 5.32. The molecular weight excluding hydrogens is 262 g/mol. The van der Waals surface area contributed by atoms with Crippen molar-refractivity contribution in [2.24, 2.45) is 0 Å². The monoisotopic (exact) mass is 282 g/mol. The fourth-order valence-corrected chi connectivity index (χ4v) is 2.01. The first-order chi connectivity index (χ1) is 9.15. The molecule has 1 aliphatic rings. The molecule has 1 aliphatic heterocycles. The van der Waals surface area contributed by atoms with E-state index in [1.54, 1.807) is 0 Å². The fraction of sp³-hybridized carbons (Fsp3) is 0.462. The van der Waals surface area contributed by atoms with Gasteiger partial charge < -0.3 is 25.0 Å². The first kappa shape index (κ1) is 13.9. The van der Waals surface area contributed by atoms with E-state index in [0.29, 0.717) is 5.11 Å². The van der Waals surface area contributed by atoms with Gasteiger partial charge in [-0.3, -0.25) is 0 Å².